The predicted octanol–water partition coefficient (Wildman–Crippen LogP) is 2.47. The van der Waals surface area contributed by atoms with Crippen molar-refractivity contribution < 1.29 is 4.79 Å². The molecule has 0 aliphatic carbocycles. The van der Waals surface area contributed by atoms with Crippen LogP contribution in [-0.2, 0) is 7.05 Å². The second-order valence-corrected chi connectivity index (χ2v) is 7.91. The molecule has 9 nitrogen and oxygen atoms in total. The smallest absolute Gasteiger partial charge is 0.257 e. The van der Waals surface area contributed by atoms with E-state index in [0.717, 1.165) is 22.5 Å². The maximum absolute atomic E-state index is 13.0. The van der Waals surface area contributed by atoms with Crippen molar-refractivity contribution in [2.75, 3.05) is 31.1 Å². The fourth-order valence-electron chi connectivity index (χ4n) is 3.86. The highest BCUT2D eigenvalue weighted by molar-refractivity contribution is 6.32. The Morgan fingerprint density at radius 1 is 1.03 bits per heavy atom. The average molecular weight is 437 g/mol. The number of hydrogen-bond donors (Lipinski definition) is 0. The van der Waals surface area contributed by atoms with E-state index in [0.29, 0.717) is 42.6 Å². The number of rotatable bonds is 3. The Kier molecular flexibility index (Phi) is 4.82. The maximum Gasteiger partial charge on any atom is 0.257 e. The molecule has 5 rings (SSSR count). The first-order valence-corrected chi connectivity index (χ1v) is 10.4. The molecule has 1 aliphatic heterocycles. The van der Waals surface area contributed by atoms with Gasteiger partial charge in [-0.3, -0.25) is 9.48 Å². The van der Waals surface area contributed by atoms with Crippen LogP contribution in [0.25, 0.3) is 16.7 Å². The Bertz CT molecular complexity index is 1270. The fourth-order valence-corrected chi connectivity index (χ4v) is 4.08. The van der Waals surface area contributed by atoms with E-state index in [4.69, 9.17) is 11.6 Å². The Morgan fingerprint density at radius 3 is 2.58 bits per heavy atom. The van der Waals surface area contributed by atoms with E-state index in [1.165, 1.54) is 0 Å². The van der Waals surface area contributed by atoms with Crippen molar-refractivity contribution in [1.29, 1.82) is 0 Å². The predicted molar refractivity (Wildman–Crippen MR) is 118 cm³/mol. The van der Waals surface area contributed by atoms with E-state index in [1.807, 2.05) is 37.1 Å². The number of carbonyl (C=O) groups excluding carboxylic acids is 1. The number of aromatic nitrogens is 6. The molecule has 158 valence electrons. The first-order chi connectivity index (χ1) is 15.0. The second kappa shape index (κ2) is 7.66. The Balaban J connectivity index is 1.31. The van der Waals surface area contributed by atoms with Crippen molar-refractivity contribution in [2.24, 2.45) is 7.05 Å². The number of amides is 1. The van der Waals surface area contributed by atoms with Gasteiger partial charge in [-0.2, -0.15) is 10.2 Å². The van der Waals surface area contributed by atoms with E-state index in [-0.39, 0.29) is 5.91 Å². The number of fused-ring (bicyclic) bond motifs is 1. The van der Waals surface area contributed by atoms with Crippen LogP contribution >= 0.6 is 11.6 Å². The van der Waals surface area contributed by atoms with E-state index in [2.05, 4.69) is 25.1 Å². The van der Waals surface area contributed by atoms with Gasteiger partial charge in [-0.25, -0.2) is 14.6 Å². The molecule has 1 fully saturated rings. The number of anilines is 1. The van der Waals surface area contributed by atoms with Crippen LogP contribution in [0.4, 0.5) is 5.82 Å². The summed E-state index contributed by atoms with van der Waals surface area (Å²) in [5.74, 6) is 1.54. The summed E-state index contributed by atoms with van der Waals surface area (Å²) in [6, 6.07) is 7.41. The van der Waals surface area contributed by atoms with Crippen molar-refractivity contribution in [3.8, 4) is 5.69 Å². The second-order valence-electron chi connectivity index (χ2n) is 7.50. The summed E-state index contributed by atoms with van der Waals surface area (Å²) >= 11 is 6.25. The molecule has 0 atom stereocenters. The lowest BCUT2D eigenvalue weighted by Crippen LogP contribution is -2.49. The highest BCUT2D eigenvalue weighted by Crippen LogP contribution is 2.25. The van der Waals surface area contributed by atoms with Crippen LogP contribution in [0.1, 0.15) is 16.2 Å². The summed E-state index contributed by atoms with van der Waals surface area (Å²) in [5, 5.41) is 10.1. The molecule has 0 bridgehead atoms. The average Bonchev–Trinajstić information content (AvgIpc) is 3.41. The molecule has 0 unspecified atom stereocenters. The normalized spacial score (nSPS) is 14.4. The summed E-state index contributed by atoms with van der Waals surface area (Å²) in [6.07, 6.45) is 5.11. The number of piperazine rings is 1. The molecule has 31 heavy (non-hydrogen) atoms. The van der Waals surface area contributed by atoms with E-state index >= 15 is 0 Å². The van der Waals surface area contributed by atoms with Crippen LogP contribution in [0.5, 0.6) is 0 Å². The summed E-state index contributed by atoms with van der Waals surface area (Å²) < 4.78 is 3.39. The van der Waals surface area contributed by atoms with Crippen LogP contribution in [0.15, 0.2) is 42.9 Å². The Morgan fingerprint density at radius 2 is 1.81 bits per heavy atom. The number of aryl methyl sites for hydroxylation is 2. The molecule has 1 aliphatic rings. The van der Waals surface area contributed by atoms with E-state index < -0.39 is 0 Å². The molecular weight excluding hydrogens is 416 g/mol. The summed E-state index contributed by atoms with van der Waals surface area (Å²) in [4.78, 5) is 26.2. The van der Waals surface area contributed by atoms with Gasteiger partial charge in [-0.15, -0.1) is 0 Å². The molecule has 0 N–H and O–H groups in total. The third-order valence-electron chi connectivity index (χ3n) is 5.48. The molecule has 0 radical (unpaired) electrons. The molecule has 1 amide bonds. The molecule has 10 heteroatoms. The van der Waals surface area contributed by atoms with Gasteiger partial charge in [0.25, 0.3) is 5.91 Å². The Labute approximate surface area is 183 Å². The minimum atomic E-state index is -0.0386. The first-order valence-electron chi connectivity index (χ1n) is 10.0. The molecule has 4 aromatic rings. The van der Waals surface area contributed by atoms with Crippen molar-refractivity contribution in [3.05, 3.63) is 59.3 Å². The number of halogens is 1. The van der Waals surface area contributed by atoms with Crippen molar-refractivity contribution in [1.82, 2.24) is 34.4 Å². The quantitative estimate of drug-likeness (QED) is 0.490. The van der Waals surface area contributed by atoms with Gasteiger partial charge in [-0.05, 0) is 19.1 Å². The zero-order valence-corrected chi connectivity index (χ0v) is 18.0. The molecule has 4 heterocycles. The maximum atomic E-state index is 13.0. The highest BCUT2D eigenvalue weighted by atomic mass is 35.5. The van der Waals surface area contributed by atoms with E-state index in [9.17, 15) is 4.79 Å². The van der Waals surface area contributed by atoms with Crippen LogP contribution < -0.4 is 4.90 Å². The van der Waals surface area contributed by atoms with Gasteiger partial charge < -0.3 is 9.80 Å². The number of nitrogens with zero attached hydrogens (tertiary/aromatic N) is 8. The fraction of sp³-hybridized carbons (Fsp3) is 0.286. The van der Waals surface area contributed by atoms with Crippen LogP contribution in [-0.4, -0.2) is 66.5 Å². The SMILES string of the molecule is Cc1nc(N2CCN(C(=O)c3cnn(-c4ccccc4Cl)c3)CC2)c2cnn(C)c2n1. The van der Waals surface area contributed by atoms with Gasteiger partial charge in [0, 0.05) is 39.4 Å². The molecule has 3 aromatic heterocycles. The van der Waals surface area contributed by atoms with Gasteiger partial charge in [0.2, 0.25) is 0 Å². The summed E-state index contributed by atoms with van der Waals surface area (Å²) in [6.45, 7) is 4.45. The number of carbonyl (C=O) groups is 1. The third-order valence-corrected chi connectivity index (χ3v) is 5.80. The van der Waals surface area contributed by atoms with Crippen molar-refractivity contribution >= 4 is 34.4 Å². The monoisotopic (exact) mass is 436 g/mol. The van der Waals surface area contributed by atoms with Crippen LogP contribution in [0.2, 0.25) is 5.02 Å². The van der Waals surface area contributed by atoms with E-state index in [1.54, 1.807) is 34.0 Å². The first kappa shape index (κ1) is 19.5. The zero-order valence-electron chi connectivity index (χ0n) is 17.2. The molecule has 1 saturated heterocycles. The minimum absolute atomic E-state index is 0.0386. The number of benzene rings is 1. The molecular formula is C21H21ClN8O. The lowest BCUT2D eigenvalue weighted by Gasteiger charge is -2.35. The Hall–Kier alpha value is -3.46. The number of para-hydroxylation sites is 1. The highest BCUT2D eigenvalue weighted by Gasteiger charge is 2.26. The summed E-state index contributed by atoms with van der Waals surface area (Å²) in [5.41, 5.74) is 2.10. The van der Waals surface area contributed by atoms with Gasteiger partial charge in [-0.1, -0.05) is 23.7 Å². The van der Waals surface area contributed by atoms with Gasteiger partial charge in [0.15, 0.2) is 5.65 Å². The standard InChI is InChI=1S/C21H21ClN8O/c1-14-25-19-16(12-23-27(19)2)20(26-14)28-7-9-29(10-8-28)21(31)15-11-24-30(13-15)18-6-4-3-5-17(18)22/h3-6,11-13H,7-10H2,1-2H3. The van der Waals surface area contributed by atoms with Crippen LogP contribution in [0, 0.1) is 6.92 Å². The summed E-state index contributed by atoms with van der Waals surface area (Å²) in [7, 11) is 1.87. The molecule has 0 saturated carbocycles. The van der Waals surface area contributed by atoms with Crippen molar-refractivity contribution in [3.63, 3.8) is 0 Å². The minimum Gasteiger partial charge on any atom is -0.352 e. The largest absolute Gasteiger partial charge is 0.352 e. The zero-order chi connectivity index (χ0) is 21.5. The van der Waals surface area contributed by atoms with Crippen molar-refractivity contribution in [2.45, 2.75) is 6.92 Å². The molecule has 1 aromatic carbocycles. The lowest BCUT2D eigenvalue weighted by molar-refractivity contribution is 0.0746. The van der Waals surface area contributed by atoms with Gasteiger partial charge in [0.1, 0.15) is 11.6 Å². The van der Waals surface area contributed by atoms with Crippen LogP contribution in [0.3, 0.4) is 0 Å². The number of hydrogen-bond acceptors (Lipinski definition) is 6. The topological polar surface area (TPSA) is 85.0 Å². The lowest BCUT2D eigenvalue weighted by atomic mass is 10.2. The third kappa shape index (κ3) is 3.50. The van der Waals surface area contributed by atoms with Gasteiger partial charge >= 0.3 is 0 Å². The molecule has 0 spiro atoms. The van der Waals surface area contributed by atoms with Gasteiger partial charge in [0.05, 0.1) is 34.1 Å².